The number of rotatable bonds is 17. The maximum absolute atomic E-state index is 11.6. The van der Waals surface area contributed by atoms with E-state index in [9.17, 15) is 14.4 Å². The first-order valence-electron chi connectivity index (χ1n) is 10.9. The minimum absolute atomic E-state index is 0.245. The number of imide groups is 1. The normalized spacial score (nSPS) is 13.6. The molecule has 0 aliphatic carbocycles. The summed E-state index contributed by atoms with van der Waals surface area (Å²) in [5.41, 5.74) is 0. The molecule has 0 bridgehead atoms. The summed E-state index contributed by atoms with van der Waals surface area (Å²) in [6.07, 6.45) is 21.5. The molecule has 5 heteroatoms. The molecule has 27 heavy (non-hydrogen) atoms. The molecule has 0 N–H and O–H groups in total. The van der Waals surface area contributed by atoms with E-state index in [1.807, 2.05) is 0 Å². The van der Waals surface area contributed by atoms with Gasteiger partial charge in [-0.15, -0.1) is 0 Å². The van der Waals surface area contributed by atoms with Crippen LogP contribution in [0.5, 0.6) is 0 Å². The van der Waals surface area contributed by atoms with Crippen LogP contribution in [-0.4, -0.2) is 22.8 Å². The summed E-state index contributed by atoms with van der Waals surface area (Å²) in [7, 11) is 0. The van der Waals surface area contributed by atoms with Crippen molar-refractivity contribution in [1.82, 2.24) is 5.06 Å². The number of hydrogen-bond donors (Lipinski definition) is 0. The quantitative estimate of drug-likeness (QED) is 0.243. The van der Waals surface area contributed by atoms with Crippen LogP contribution in [0.25, 0.3) is 0 Å². The van der Waals surface area contributed by atoms with E-state index in [0.29, 0.717) is 5.06 Å². The molecule has 1 rings (SSSR count). The summed E-state index contributed by atoms with van der Waals surface area (Å²) in [5.74, 6) is -1.70. The fourth-order valence-corrected chi connectivity index (χ4v) is 3.26. The standard InChI is InChI=1S/C22H37NO4/c1-2-3-4-5-6-7-8-9-10-11-12-13-14-15-16-17-22(26)27-23-20(24)18-19-21(23)25/h18-19H,2-17H2,1H3. The molecule has 1 aliphatic rings. The number of unbranched alkanes of at least 4 members (excludes halogenated alkanes) is 14. The summed E-state index contributed by atoms with van der Waals surface area (Å²) in [6, 6.07) is 0. The Labute approximate surface area is 164 Å². The van der Waals surface area contributed by atoms with Crippen LogP contribution in [0, 0.1) is 0 Å². The largest absolute Gasteiger partial charge is 0.333 e. The predicted octanol–water partition coefficient (Wildman–Crippen LogP) is 5.63. The zero-order valence-corrected chi connectivity index (χ0v) is 17.0. The van der Waals surface area contributed by atoms with Crippen molar-refractivity contribution in [3.05, 3.63) is 12.2 Å². The van der Waals surface area contributed by atoms with Gasteiger partial charge in [-0.1, -0.05) is 102 Å². The van der Waals surface area contributed by atoms with E-state index in [-0.39, 0.29) is 6.42 Å². The molecule has 0 aromatic rings. The third-order valence-corrected chi connectivity index (χ3v) is 4.95. The number of carbonyl (C=O) groups excluding carboxylic acids is 3. The van der Waals surface area contributed by atoms with E-state index in [2.05, 4.69) is 6.92 Å². The molecule has 0 aromatic carbocycles. The SMILES string of the molecule is CCCCCCCCCCCCCCCCCC(=O)ON1C(=O)C=CC1=O. The van der Waals surface area contributed by atoms with Crippen molar-refractivity contribution in [2.75, 3.05) is 0 Å². The Morgan fingerprint density at radius 2 is 1.07 bits per heavy atom. The Bertz CT molecular complexity index is 455. The van der Waals surface area contributed by atoms with Gasteiger partial charge in [0.25, 0.3) is 11.8 Å². The van der Waals surface area contributed by atoms with Crippen molar-refractivity contribution >= 4 is 17.8 Å². The number of carbonyl (C=O) groups is 3. The summed E-state index contributed by atoms with van der Waals surface area (Å²) >= 11 is 0. The number of nitrogens with zero attached hydrogens (tertiary/aromatic N) is 1. The zero-order chi connectivity index (χ0) is 19.7. The predicted molar refractivity (Wildman–Crippen MR) is 107 cm³/mol. The molecule has 0 unspecified atom stereocenters. The summed E-state index contributed by atoms with van der Waals surface area (Å²) in [5, 5.41) is 0.521. The average Bonchev–Trinajstić information content (AvgIpc) is 2.97. The van der Waals surface area contributed by atoms with Gasteiger partial charge in [0, 0.05) is 18.6 Å². The molecular weight excluding hydrogens is 342 g/mol. The Balaban J connectivity index is 1.81. The first kappa shape index (κ1) is 23.4. The average molecular weight is 380 g/mol. The number of hydroxylamine groups is 2. The van der Waals surface area contributed by atoms with Gasteiger partial charge >= 0.3 is 5.97 Å². The van der Waals surface area contributed by atoms with Crippen LogP contribution in [-0.2, 0) is 19.2 Å². The van der Waals surface area contributed by atoms with Gasteiger partial charge < -0.3 is 4.84 Å². The van der Waals surface area contributed by atoms with Crippen molar-refractivity contribution in [2.45, 2.75) is 110 Å². The molecule has 0 saturated heterocycles. The third-order valence-electron chi connectivity index (χ3n) is 4.95. The monoisotopic (exact) mass is 379 g/mol. The van der Waals surface area contributed by atoms with Crippen LogP contribution < -0.4 is 0 Å². The molecule has 2 amide bonds. The molecule has 1 aliphatic heterocycles. The van der Waals surface area contributed by atoms with E-state index in [4.69, 9.17) is 4.84 Å². The summed E-state index contributed by atoms with van der Waals surface area (Å²) in [4.78, 5) is 39.0. The third kappa shape index (κ3) is 11.6. The molecule has 0 atom stereocenters. The molecule has 0 saturated carbocycles. The molecule has 0 aromatic heterocycles. The van der Waals surface area contributed by atoms with Crippen molar-refractivity contribution in [1.29, 1.82) is 0 Å². The Morgan fingerprint density at radius 3 is 1.48 bits per heavy atom. The fraction of sp³-hybridized carbons (Fsp3) is 0.773. The van der Waals surface area contributed by atoms with E-state index >= 15 is 0 Å². The highest BCUT2D eigenvalue weighted by molar-refractivity contribution is 6.12. The van der Waals surface area contributed by atoms with E-state index in [0.717, 1.165) is 31.4 Å². The lowest BCUT2D eigenvalue weighted by Crippen LogP contribution is -2.32. The van der Waals surface area contributed by atoms with Crippen molar-refractivity contribution < 1.29 is 19.2 Å². The second-order valence-corrected chi connectivity index (χ2v) is 7.47. The molecule has 0 spiro atoms. The highest BCUT2D eigenvalue weighted by Gasteiger charge is 2.27. The first-order chi connectivity index (χ1) is 13.1. The van der Waals surface area contributed by atoms with Crippen LogP contribution >= 0.6 is 0 Å². The molecule has 1 heterocycles. The van der Waals surface area contributed by atoms with Gasteiger partial charge in [0.15, 0.2) is 0 Å². The van der Waals surface area contributed by atoms with Gasteiger partial charge in [0.05, 0.1) is 0 Å². The van der Waals surface area contributed by atoms with Gasteiger partial charge in [0.2, 0.25) is 0 Å². The van der Waals surface area contributed by atoms with Crippen LogP contribution in [0.3, 0.4) is 0 Å². The summed E-state index contributed by atoms with van der Waals surface area (Å²) < 4.78 is 0. The van der Waals surface area contributed by atoms with Crippen molar-refractivity contribution in [2.24, 2.45) is 0 Å². The molecule has 154 valence electrons. The highest BCUT2D eigenvalue weighted by Crippen LogP contribution is 2.14. The topological polar surface area (TPSA) is 63.7 Å². The Kier molecular flexibility index (Phi) is 13.4. The van der Waals surface area contributed by atoms with Crippen LogP contribution in [0.15, 0.2) is 12.2 Å². The van der Waals surface area contributed by atoms with E-state index < -0.39 is 17.8 Å². The van der Waals surface area contributed by atoms with Gasteiger partial charge in [-0.25, -0.2) is 4.79 Å². The fourth-order valence-electron chi connectivity index (χ4n) is 3.26. The second-order valence-electron chi connectivity index (χ2n) is 7.47. The van der Waals surface area contributed by atoms with Crippen molar-refractivity contribution in [3.63, 3.8) is 0 Å². The Hall–Kier alpha value is -1.65. The minimum atomic E-state index is -0.593. The van der Waals surface area contributed by atoms with Crippen LogP contribution in [0.2, 0.25) is 0 Å². The van der Waals surface area contributed by atoms with Gasteiger partial charge in [0.1, 0.15) is 0 Å². The van der Waals surface area contributed by atoms with Gasteiger partial charge in [-0.05, 0) is 6.42 Å². The smallest absolute Gasteiger partial charge is 0.330 e. The lowest BCUT2D eigenvalue weighted by Gasteiger charge is -2.12. The molecule has 5 nitrogen and oxygen atoms in total. The number of hydrogen-bond acceptors (Lipinski definition) is 4. The molecule has 0 radical (unpaired) electrons. The van der Waals surface area contributed by atoms with Gasteiger partial charge in [-0.2, -0.15) is 0 Å². The number of amides is 2. The van der Waals surface area contributed by atoms with E-state index in [1.165, 1.54) is 77.0 Å². The minimum Gasteiger partial charge on any atom is -0.330 e. The van der Waals surface area contributed by atoms with Crippen LogP contribution in [0.1, 0.15) is 110 Å². The maximum Gasteiger partial charge on any atom is 0.333 e. The lowest BCUT2D eigenvalue weighted by molar-refractivity contribution is -0.196. The Morgan fingerprint density at radius 1 is 0.704 bits per heavy atom. The lowest BCUT2D eigenvalue weighted by atomic mass is 10.0. The van der Waals surface area contributed by atoms with E-state index in [1.54, 1.807) is 0 Å². The first-order valence-corrected chi connectivity index (χ1v) is 10.9. The maximum atomic E-state index is 11.6. The summed E-state index contributed by atoms with van der Waals surface area (Å²) in [6.45, 7) is 2.26. The zero-order valence-electron chi connectivity index (χ0n) is 17.0. The highest BCUT2D eigenvalue weighted by atomic mass is 16.7. The van der Waals surface area contributed by atoms with Gasteiger partial charge in [-0.3, -0.25) is 9.59 Å². The molecule has 0 fully saturated rings. The molecular formula is C22H37NO4. The second kappa shape index (κ2) is 15.4. The van der Waals surface area contributed by atoms with Crippen molar-refractivity contribution in [3.8, 4) is 0 Å². The van der Waals surface area contributed by atoms with Crippen LogP contribution in [0.4, 0.5) is 0 Å².